The quantitative estimate of drug-likeness (QED) is 0.330. The van der Waals surface area contributed by atoms with Crippen LogP contribution in [-0.2, 0) is 4.74 Å². The molecular weight excluding hydrogens is 306 g/mol. The number of aromatic nitrogens is 4. The number of hydrogen-bond donors (Lipinski definition) is 5. The van der Waals surface area contributed by atoms with Crippen molar-refractivity contribution in [3.8, 4) is 0 Å². The number of rotatable bonds is 4. The van der Waals surface area contributed by atoms with Gasteiger partial charge in [-0.1, -0.05) is 0 Å². The van der Waals surface area contributed by atoms with Crippen LogP contribution < -0.4 is 11.2 Å². The van der Waals surface area contributed by atoms with Gasteiger partial charge >= 0.3 is 0 Å². The van der Waals surface area contributed by atoms with E-state index in [0.717, 1.165) is 0 Å². The summed E-state index contributed by atoms with van der Waals surface area (Å²) in [7, 11) is 0. The minimum atomic E-state index is -1.24. The van der Waals surface area contributed by atoms with Gasteiger partial charge in [0.1, 0.15) is 23.8 Å². The van der Waals surface area contributed by atoms with Crippen molar-refractivity contribution in [3.05, 3.63) is 6.33 Å². The molecule has 1 fully saturated rings. The van der Waals surface area contributed by atoms with Crippen molar-refractivity contribution in [1.82, 2.24) is 19.5 Å². The Balaban J connectivity index is 2.03. The van der Waals surface area contributed by atoms with Crippen molar-refractivity contribution < 1.29 is 20.1 Å². The summed E-state index contributed by atoms with van der Waals surface area (Å²) in [5.41, 5.74) is 9.09. The maximum atomic E-state index is 10.1. The molecule has 2 aromatic rings. The molecule has 11 heteroatoms. The van der Waals surface area contributed by atoms with E-state index in [0.29, 0.717) is 11.2 Å². The van der Waals surface area contributed by atoms with Crippen molar-refractivity contribution in [3.63, 3.8) is 0 Å². The second-order valence-corrected chi connectivity index (χ2v) is 4.98. The minimum Gasteiger partial charge on any atom is -0.394 e. The van der Waals surface area contributed by atoms with Gasteiger partial charge < -0.3 is 25.8 Å². The predicted octanol–water partition coefficient (Wildman–Crippen LogP) is -1.56. The summed E-state index contributed by atoms with van der Waals surface area (Å²) in [5.74, 6) is 0.288. The van der Waals surface area contributed by atoms with Gasteiger partial charge in [-0.3, -0.25) is 4.57 Å². The lowest BCUT2D eigenvalue weighted by Gasteiger charge is -2.16. The van der Waals surface area contributed by atoms with Crippen LogP contribution >= 0.6 is 0 Å². The summed E-state index contributed by atoms with van der Waals surface area (Å²) in [6.07, 6.45) is -1.41. The molecule has 3 heterocycles. The fraction of sp³-hybridized carbons (Fsp3) is 0.500. The van der Waals surface area contributed by atoms with Gasteiger partial charge in [0.15, 0.2) is 17.7 Å². The van der Waals surface area contributed by atoms with Gasteiger partial charge in [-0.2, -0.15) is 15.1 Å². The normalized spacial score (nSPS) is 28.0. The Morgan fingerprint density at radius 1 is 1.43 bits per heavy atom. The molecule has 11 nitrogen and oxygen atoms in total. The highest BCUT2D eigenvalue weighted by Crippen LogP contribution is 2.32. The maximum Gasteiger partial charge on any atom is 0.247 e. The number of aliphatic hydroxyl groups excluding tert-OH is 3. The first-order chi connectivity index (χ1) is 11.1. The first-order valence-corrected chi connectivity index (χ1v) is 6.93. The van der Waals surface area contributed by atoms with E-state index in [9.17, 15) is 15.3 Å². The minimum absolute atomic E-state index is 0.134. The van der Waals surface area contributed by atoms with Crippen molar-refractivity contribution in [2.75, 3.05) is 17.8 Å². The third kappa shape index (κ3) is 2.59. The molecule has 0 bridgehead atoms. The summed E-state index contributed by atoms with van der Waals surface area (Å²) in [4.78, 5) is 12.4. The molecular formula is C12H17N7O4. The number of nitrogens with two attached hydrogens (primary N) is 1. The van der Waals surface area contributed by atoms with Crippen LogP contribution in [0.3, 0.4) is 0 Å². The maximum absolute atomic E-state index is 10.1. The van der Waals surface area contributed by atoms with Gasteiger partial charge in [0, 0.05) is 6.21 Å². The molecule has 0 spiro atoms. The van der Waals surface area contributed by atoms with E-state index in [2.05, 4.69) is 25.5 Å². The number of fused-ring (bicyclic) bond motifs is 1. The average molecular weight is 323 g/mol. The van der Waals surface area contributed by atoms with Crippen LogP contribution in [0.2, 0.25) is 0 Å². The van der Waals surface area contributed by atoms with Gasteiger partial charge in [-0.25, -0.2) is 10.4 Å². The van der Waals surface area contributed by atoms with Crippen LogP contribution in [-0.4, -0.2) is 66.0 Å². The van der Waals surface area contributed by atoms with Crippen LogP contribution in [0, 0.1) is 0 Å². The van der Waals surface area contributed by atoms with E-state index in [4.69, 9.17) is 10.5 Å². The Hall–Kier alpha value is -2.34. The molecule has 3 rings (SSSR count). The number of anilines is 2. The molecule has 23 heavy (non-hydrogen) atoms. The summed E-state index contributed by atoms with van der Waals surface area (Å²) in [6, 6.07) is 0. The molecule has 0 amide bonds. The summed E-state index contributed by atoms with van der Waals surface area (Å²) >= 11 is 0. The van der Waals surface area contributed by atoms with Gasteiger partial charge in [0.25, 0.3) is 0 Å². The van der Waals surface area contributed by atoms with Crippen LogP contribution in [0.4, 0.5) is 11.8 Å². The molecule has 0 saturated carbocycles. The highest BCUT2D eigenvalue weighted by molar-refractivity contribution is 5.83. The number of nitrogens with zero attached hydrogens (tertiary/aromatic N) is 5. The molecule has 0 aliphatic carbocycles. The van der Waals surface area contributed by atoms with Crippen molar-refractivity contribution in [2.45, 2.75) is 31.5 Å². The van der Waals surface area contributed by atoms with E-state index < -0.39 is 31.1 Å². The molecule has 0 aromatic carbocycles. The van der Waals surface area contributed by atoms with Gasteiger partial charge in [0.05, 0.1) is 12.9 Å². The molecule has 0 radical (unpaired) electrons. The number of nitrogen functional groups attached to an aromatic ring is 1. The lowest BCUT2D eigenvalue weighted by molar-refractivity contribution is -0.0511. The average Bonchev–Trinajstić information content (AvgIpc) is 3.08. The molecule has 4 atom stereocenters. The van der Waals surface area contributed by atoms with Crippen LogP contribution in [0.15, 0.2) is 11.4 Å². The molecule has 1 aliphatic rings. The lowest BCUT2D eigenvalue weighted by atomic mass is 10.1. The Labute approximate surface area is 130 Å². The Kier molecular flexibility index (Phi) is 4.09. The second kappa shape index (κ2) is 6.04. The molecule has 6 N–H and O–H groups in total. The third-order valence-electron chi connectivity index (χ3n) is 3.53. The fourth-order valence-corrected chi connectivity index (χ4v) is 2.41. The van der Waals surface area contributed by atoms with E-state index in [1.165, 1.54) is 17.1 Å². The summed E-state index contributed by atoms with van der Waals surface area (Å²) in [6.45, 7) is 1.30. The number of hydrogen-bond acceptors (Lipinski definition) is 10. The van der Waals surface area contributed by atoms with E-state index in [1.54, 1.807) is 6.92 Å². The van der Waals surface area contributed by atoms with Crippen molar-refractivity contribution in [2.24, 2.45) is 5.10 Å². The summed E-state index contributed by atoms with van der Waals surface area (Å²) < 4.78 is 6.90. The second-order valence-electron chi connectivity index (χ2n) is 4.98. The Bertz CT molecular complexity index is 734. The van der Waals surface area contributed by atoms with Crippen LogP contribution in [0.5, 0.6) is 0 Å². The first-order valence-electron chi connectivity index (χ1n) is 6.93. The lowest BCUT2D eigenvalue weighted by Crippen LogP contribution is -2.33. The molecule has 4 unspecified atom stereocenters. The van der Waals surface area contributed by atoms with Crippen molar-refractivity contribution >= 4 is 29.1 Å². The standard InChI is InChI=1S/C12H17N7O4/c1-2-15-18-12-16-9(13)6-10(17-12)19(4-14-6)11-8(22)7(21)5(3-20)23-11/h2,4-5,7-8,11,20-22H,3H2,1H3,(H3,13,16,17,18)/b15-2+. The zero-order chi connectivity index (χ0) is 16.6. The van der Waals surface area contributed by atoms with Crippen LogP contribution in [0.25, 0.3) is 11.2 Å². The molecule has 2 aromatic heterocycles. The third-order valence-corrected chi connectivity index (χ3v) is 3.53. The number of imidazole rings is 1. The Morgan fingerprint density at radius 3 is 2.87 bits per heavy atom. The van der Waals surface area contributed by atoms with Gasteiger partial charge in [-0.15, -0.1) is 0 Å². The first kappa shape index (κ1) is 15.6. The Morgan fingerprint density at radius 2 is 2.22 bits per heavy atom. The SMILES string of the molecule is C/C=N/Nc1nc(N)c2ncn(C3OC(CO)C(O)C3O)c2n1. The van der Waals surface area contributed by atoms with Crippen LogP contribution in [0.1, 0.15) is 13.2 Å². The fourth-order valence-electron chi connectivity index (χ4n) is 2.41. The van der Waals surface area contributed by atoms with Gasteiger partial charge in [0.2, 0.25) is 5.95 Å². The van der Waals surface area contributed by atoms with E-state index in [1.807, 2.05) is 0 Å². The number of aliphatic hydroxyl groups is 3. The molecule has 1 aliphatic heterocycles. The highest BCUT2D eigenvalue weighted by atomic mass is 16.6. The molecule has 1 saturated heterocycles. The zero-order valence-corrected chi connectivity index (χ0v) is 12.2. The number of nitrogens with one attached hydrogen (secondary N) is 1. The number of hydrazone groups is 1. The number of ether oxygens (including phenoxy) is 1. The predicted molar refractivity (Wildman–Crippen MR) is 80.5 cm³/mol. The van der Waals surface area contributed by atoms with E-state index in [-0.39, 0.29) is 11.8 Å². The van der Waals surface area contributed by atoms with E-state index >= 15 is 0 Å². The smallest absolute Gasteiger partial charge is 0.247 e. The largest absolute Gasteiger partial charge is 0.394 e. The highest BCUT2D eigenvalue weighted by Gasteiger charge is 2.44. The topological polar surface area (TPSA) is 164 Å². The molecule has 124 valence electrons. The monoisotopic (exact) mass is 323 g/mol. The van der Waals surface area contributed by atoms with Gasteiger partial charge in [-0.05, 0) is 6.92 Å². The zero-order valence-electron chi connectivity index (χ0n) is 12.2. The summed E-state index contributed by atoms with van der Waals surface area (Å²) in [5, 5.41) is 33.0. The van der Waals surface area contributed by atoms with Crippen molar-refractivity contribution in [1.29, 1.82) is 0 Å².